The molecule has 0 saturated heterocycles. The van der Waals surface area contributed by atoms with Crippen LogP contribution in [-0.4, -0.2) is 35.2 Å². The summed E-state index contributed by atoms with van der Waals surface area (Å²) in [7, 11) is -6.77. The van der Waals surface area contributed by atoms with Crippen LogP contribution in [0.5, 0.6) is 0 Å². The van der Waals surface area contributed by atoms with E-state index in [0.29, 0.717) is 29.4 Å². The summed E-state index contributed by atoms with van der Waals surface area (Å²) in [4.78, 5) is 2.53. The van der Waals surface area contributed by atoms with Crippen LogP contribution in [0.4, 0.5) is 5.69 Å². The monoisotopic (exact) mass is 563 g/mol. The first kappa shape index (κ1) is 29.1. The summed E-state index contributed by atoms with van der Waals surface area (Å²) in [5, 5.41) is 5.17. The highest BCUT2D eigenvalue weighted by Crippen LogP contribution is 2.31. The van der Waals surface area contributed by atoms with E-state index in [4.69, 9.17) is 11.6 Å². The Bertz CT molecular complexity index is 1380. The molecular formula is C27H34ClN3O4S2. The van der Waals surface area contributed by atoms with Crippen molar-refractivity contribution in [2.24, 2.45) is 5.14 Å². The largest absolute Gasteiger partial charge is 0.365 e. The quantitative estimate of drug-likeness (QED) is 0.419. The molecule has 0 radical (unpaired) electrons. The van der Waals surface area contributed by atoms with Crippen LogP contribution in [-0.2, 0) is 39.4 Å². The van der Waals surface area contributed by atoms with Crippen molar-refractivity contribution < 1.29 is 16.8 Å². The molecule has 3 aromatic rings. The Morgan fingerprint density at radius 3 is 2.19 bits per heavy atom. The zero-order chi connectivity index (χ0) is 27.1. The van der Waals surface area contributed by atoms with E-state index in [0.717, 1.165) is 29.7 Å². The molecule has 0 saturated carbocycles. The lowest BCUT2D eigenvalue weighted by atomic mass is 9.98. The lowest BCUT2D eigenvalue weighted by molar-refractivity contribution is 0.524. The third kappa shape index (κ3) is 8.83. The van der Waals surface area contributed by atoms with Crippen molar-refractivity contribution in [1.82, 2.24) is 4.72 Å². The van der Waals surface area contributed by atoms with E-state index in [1.54, 1.807) is 12.1 Å². The van der Waals surface area contributed by atoms with E-state index in [2.05, 4.69) is 33.8 Å². The number of rotatable bonds is 8. The summed E-state index contributed by atoms with van der Waals surface area (Å²) >= 11 is 6.24. The third-order valence-corrected chi connectivity index (χ3v) is 8.58. The Labute approximate surface area is 225 Å². The number of anilines is 1. The molecule has 1 heterocycles. The van der Waals surface area contributed by atoms with Gasteiger partial charge < -0.3 is 4.90 Å². The first-order valence-electron chi connectivity index (χ1n) is 12.2. The molecule has 0 fully saturated rings. The predicted molar refractivity (Wildman–Crippen MR) is 151 cm³/mol. The van der Waals surface area contributed by atoms with Gasteiger partial charge in [0.15, 0.2) is 0 Å². The lowest BCUT2D eigenvalue weighted by Crippen LogP contribution is -2.48. The molecule has 7 nitrogen and oxygen atoms in total. The van der Waals surface area contributed by atoms with Crippen LogP contribution in [0.1, 0.15) is 37.0 Å². The molecule has 3 aromatic carbocycles. The molecular weight excluding hydrogens is 530 g/mol. The van der Waals surface area contributed by atoms with Gasteiger partial charge in [-0.05, 0) is 66.8 Å². The van der Waals surface area contributed by atoms with Gasteiger partial charge in [0.05, 0.1) is 10.6 Å². The maximum Gasteiger partial charge on any atom is 0.240 e. The highest BCUT2D eigenvalue weighted by Gasteiger charge is 2.28. The number of hydrogen-bond donors (Lipinski definition) is 2. The summed E-state index contributed by atoms with van der Waals surface area (Å²) in [6.45, 7) is 4.91. The van der Waals surface area contributed by atoms with Gasteiger partial charge in [-0.25, -0.2) is 26.7 Å². The van der Waals surface area contributed by atoms with Crippen LogP contribution in [0.3, 0.4) is 0 Å². The van der Waals surface area contributed by atoms with E-state index < -0.39 is 20.0 Å². The highest BCUT2D eigenvalue weighted by molar-refractivity contribution is 7.89. The molecule has 3 N–H and O–H groups in total. The Morgan fingerprint density at radius 1 is 0.946 bits per heavy atom. The number of aryl methyl sites for hydroxylation is 1. The van der Waals surface area contributed by atoms with Crippen LogP contribution < -0.4 is 14.8 Å². The maximum atomic E-state index is 13.1. The van der Waals surface area contributed by atoms with Crippen LogP contribution in [0, 0.1) is 0 Å². The molecule has 0 aliphatic carbocycles. The SMILES string of the molecule is CCCc1ccc(S(=O)(=O)NC2Cc3cc(Cl)ccc3N(Cc3ccccc3)C2)cc1.CCS(N)(=O)=O. The van der Waals surface area contributed by atoms with Gasteiger partial charge in [-0.1, -0.05) is 67.4 Å². The van der Waals surface area contributed by atoms with Gasteiger partial charge in [0, 0.05) is 29.8 Å². The van der Waals surface area contributed by atoms with Gasteiger partial charge in [0.1, 0.15) is 0 Å². The zero-order valence-electron chi connectivity index (χ0n) is 21.1. The summed E-state index contributed by atoms with van der Waals surface area (Å²) in [6, 6.07) is 23.0. The topological polar surface area (TPSA) is 110 Å². The fourth-order valence-corrected chi connectivity index (χ4v) is 5.59. The van der Waals surface area contributed by atoms with Crippen molar-refractivity contribution in [2.75, 3.05) is 17.2 Å². The minimum atomic E-state index is -3.61. The van der Waals surface area contributed by atoms with Gasteiger partial charge in [-0.3, -0.25) is 0 Å². The second-order valence-electron chi connectivity index (χ2n) is 9.01. The predicted octanol–water partition coefficient (Wildman–Crippen LogP) is 4.50. The molecule has 0 bridgehead atoms. The summed E-state index contributed by atoms with van der Waals surface area (Å²) in [6.07, 6.45) is 2.59. The van der Waals surface area contributed by atoms with Crippen LogP contribution in [0.2, 0.25) is 5.02 Å². The number of nitrogens with zero attached hydrogens (tertiary/aromatic N) is 1. The van der Waals surface area contributed by atoms with Crippen molar-refractivity contribution in [3.8, 4) is 0 Å². The van der Waals surface area contributed by atoms with Gasteiger partial charge in [-0.2, -0.15) is 0 Å². The number of fused-ring (bicyclic) bond motifs is 1. The molecule has 4 rings (SSSR count). The first-order valence-corrected chi connectivity index (χ1v) is 15.8. The van der Waals surface area contributed by atoms with E-state index >= 15 is 0 Å². The number of halogens is 1. The Kier molecular flexibility index (Phi) is 10.1. The van der Waals surface area contributed by atoms with E-state index in [9.17, 15) is 16.8 Å². The fraction of sp³-hybridized carbons (Fsp3) is 0.333. The number of benzene rings is 3. The van der Waals surface area contributed by atoms with Gasteiger partial charge in [0.2, 0.25) is 20.0 Å². The number of primary sulfonamides is 1. The average molecular weight is 564 g/mol. The summed E-state index contributed by atoms with van der Waals surface area (Å²) in [5.41, 5.74) is 4.49. The van der Waals surface area contributed by atoms with Crippen molar-refractivity contribution in [3.05, 3.63) is 94.5 Å². The second kappa shape index (κ2) is 12.9. The van der Waals surface area contributed by atoms with Crippen LogP contribution >= 0.6 is 11.6 Å². The summed E-state index contributed by atoms with van der Waals surface area (Å²) in [5.74, 6) is 0.0208. The molecule has 1 atom stereocenters. The Hall–Kier alpha value is -2.43. The molecule has 1 unspecified atom stereocenters. The molecule has 37 heavy (non-hydrogen) atoms. The maximum absolute atomic E-state index is 13.1. The number of nitrogens with one attached hydrogen (secondary N) is 1. The molecule has 1 aliphatic heterocycles. The molecule has 0 spiro atoms. The standard InChI is InChI=1S/C25H27ClN2O2S.C2H7NO2S/c1-2-6-19-9-12-24(13-10-19)31(29,30)27-23-16-21-15-22(26)11-14-25(21)28(18-23)17-20-7-4-3-5-8-20;1-2-6(3,4)5/h3-5,7-15,23,27H,2,6,16-18H2,1H3;2H2,1H3,(H2,3,4,5). The number of sulfonamides is 2. The number of nitrogens with two attached hydrogens (primary N) is 1. The van der Waals surface area contributed by atoms with E-state index in [1.807, 2.05) is 48.5 Å². The molecule has 0 aromatic heterocycles. The minimum absolute atomic E-state index is 0.0208. The summed E-state index contributed by atoms with van der Waals surface area (Å²) < 4.78 is 48.6. The van der Waals surface area contributed by atoms with Crippen molar-refractivity contribution >= 4 is 37.3 Å². The first-order chi connectivity index (χ1) is 17.5. The van der Waals surface area contributed by atoms with Crippen LogP contribution in [0.15, 0.2) is 77.7 Å². The average Bonchev–Trinajstić information content (AvgIpc) is 2.85. The Balaban J connectivity index is 0.000000568. The van der Waals surface area contributed by atoms with E-state index in [1.165, 1.54) is 12.5 Å². The third-order valence-electron chi connectivity index (χ3n) is 6.00. The Morgan fingerprint density at radius 2 is 1.59 bits per heavy atom. The van der Waals surface area contributed by atoms with Gasteiger partial charge in [0.25, 0.3) is 0 Å². The van der Waals surface area contributed by atoms with Crippen molar-refractivity contribution in [1.29, 1.82) is 0 Å². The molecule has 200 valence electrons. The lowest BCUT2D eigenvalue weighted by Gasteiger charge is -2.36. The van der Waals surface area contributed by atoms with Gasteiger partial charge in [-0.15, -0.1) is 0 Å². The normalized spacial score (nSPS) is 15.5. The van der Waals surface area contributed by atoms with Gasteiger partial charge >= 0.3 is 0 Å². The van der Waals surface area contributed by atoms with Crippen molar-refractivity contribution in [3.63, 3.8) is 0 Å². The highest BCUT2D eigenvalue weighted by atomic mass is 35.5. The molecule has 1 aliphatic rings. The smallest absolute Gasteiger partial charge is 0.240 e. The van der Waals surface area contributed by atoms with Crippen LogP contribution in [0.25, 0.3) is 0 Å². The zero-order valence-corrected chi connectivity index (χ0v) is 23.5. The van der Waals surface area contributed by atoms with E-state index in [-0.39, 0.29) is 11.8 Å². The minimum Gasteiger partial charge on any atom is -0.365 e. The number of hydrogen-bond acceptors (Lipinski definition) is 5. The molecule has 0 amide bonds. The van der Waals surface area contributed by atoms with Crippen molar-refractivity contribution in [2.45, 2.75) is 50.6 Å². The second-order valence-corrected chi connectivity index (χ2v) is 13.1. The fourth-order valence-electron chi connectivity index (χ4n) is 4.16. The molecule has 10 heteroatoms.